The van der Waals surface area contributed by atoms with E-state index < -0.39 is 0 Å². The SMILES string of the molecule is CCN(Cc1cccc(NC(=O)[C@@H]2CCC[C@@H]2CN)c1)C(C)=O.Cl. The molecule has 24 heavy (non-hydrogen) atoms. The van der Waals surface area contributed by atoms with E-state index >= 15 is 0 Å². The number of hydrogen-bond donors (Lipinski definition) is 2. The summed E-state index contributed by atoms with van der Waals surface area (Å²) in [6.07, 6.45) is 3.03. The molecule has 0 unspecified atom stereocenters. The number of nitrogens with two attached hydrogens (primary N) is 1. The number of benzene rings is 1. The molecule has 0 saturated heterocycles. The van der Waals surface area contributed by atoms with Gasteiger partial charge in [0, 0.05) is 31.6 Å². The third-order valence-electron chi connectivity index (χ3n) is 4.69. The molecule has 2 amide bonds. The van der Waals surface area contributed by atoms with Crippen LogP contribution in [-0.2, 0) is 16.1 Å². The molecule has 1 aliphatic carbocycles. The van der Waals surface area contributed by atoms with Crippen LogP contribution in [0.1, 0.15) is 38.7 Å². The van der Waals surface area contributed by atoms with Crippen molar-refractivity contribution in [1.29, 1.82) is 0 Å². The van der Waals surface area contributed by atoms with Gasteiger partial charge in [0.15, 0.2) is 0 Å². The molecule has 0 radical (unpaired) electrons. The second kappa shape index (κ2) is 9.64. The summed E-state index contributed by atoms with van der Waals surface area (Å²) in [7, 11) is 0. The summed E-state index contributed by atoms with van der Waals surface area (Å²) in [6.45, 7) is 5.33. The molecular weight excluding hydrogens is 326 g/mol. The lowest BCUT2D eigenvalue weighted by Gasteiger charge is -2.20. The molecule has 3 N–H and O–H groups in total. The van der Waals surface area contributed by atoms with Crippen molar-refractivity contribution in [3.63, 3.8) is 0 Å². The summed E-state index contributed by atoms with van der Waals surface area (Å²) < 4.78 is 0. The van der Waals surface area contributed by atoms with Crippen LogP contribution in [0, 0.1) is 11.8 Å². The largest absolute Gasteiger partial charge is 0.339 e. The zero-order chi connectivity index (χ0) is 16.8. The molecule has 0 bridgehead atoms. The van der Waals surface area contributed by atoms with Gasteiger partial charge in [-0.15, -0.1) is 12.4 Å². The van der Waals surface area contributed by atoms with E-state index in [0.29, 0.717) is 25.6 Å². The van der Waals surface area contributed by atoms with E-state index in [2.05, 4.69) is 5.32 Å². The maximum absolute atomic E-state index is 12.5. The van der Waals surface area contributed by atoms with Crippen LogP contribution in [0.5, 0.6) is 0 Å². The van der Waals surface area contributed by atoms with Crippen LogP contribution < -0.4 is 11.1 Å². The number of hydrogen-bond acceptors (Lipinski definition) is 3. The Bertz CT molecular complexity index is 565. The number of carbonyl (C=O) groups is 2. The highest BCUT2D eigenvalue weighted by Gasteiger charge is 2.31. The van der Waals surface area contributed by atoms with Gasteiger partial charge >= 0.3 is 0 Å². The summed E-state index contributed by atoms with van der Waals surface area (Å²) in [5, 5.41) is 3.01. The first-order valence-corrected chi connectivity index (χ1v) is 8.40. The average Bonchev–Trinajstić information content (AvgIpc) is 3.01. The molecule has 2 rings (SSSR count). The molecule has 0 aliphatic heterocycles. The Morgan fingerprint density at radius 2 is 2.08 bits per heavy atom. The molecule has 0 aromatic heterocycles. The van der Waals surface area contributed by atoms with Crippen molar-refractivity contribution in [2.45, 2.75) is 39.7 Å². The van der Waals surface area contributed by atoms with Crippen LogP contribution in [-0.4, -0.2) is 29.8 Å². The predicted molar refractivity (Wildman–Crippen MR) is 99.0 cm³/mol. The fourth-order valence-electron chi connectivity index (χ4n) is 3.31. The van der Waals surface area contributed by atoms with E-state index in [4.69, 9.17) is 5.73 Å². The van der Waals surface area contributed by atoms with Gasteiger partial charge in [-0.3, -0.25) is 9.59 Å². The van der Waals surface area contributed by atoms with Crippen LogP contribution in [0.15, 0.2) is 24.3 Å². The molecule has 1 aromatic carbocycles. The fourth-order valence-corrected chi connectivity index (χ4v) is 3.31. The number of amides is 2. The van der Waals surface area contributed by atoms with Crippen molar-refractivity contribution in [3.05, 3.63) is 29.8 Å². The average molecular weight is 354 g/mol. The van der Waals surface area contributed by atoms with Crippen molar-refractivity contribution in [2.24, 2.45) is 17.6 Å². The van der Waals surface area contributed by atoms with E-state index in [1.165, 1.54) is 0 Å². The second-order valence-corrected chi connectivity index (χ2v) is 6.26. The molecule has 0 heterocycles. The van der Waals surface area contributed by atoms with Gasteiger partial charge in [-0.2, -0.15) is 0 Å². The lowest BCUT2D eigenvalue weighted by atomic mass is 9.95. The molecular formula is C18H28ClN3O2. The van der Waals surface area contributed by atoms with E-state index in [-0.39, 0.29) is 30.1 Å². The molecule has 5 nitrogen and oxygen atoms in total. The molecule has 134 valence electrons. The zero-order valence-electron chi connectivity index (χ0n) is 14.5. The number of rotatable bonds is 6. The summed E-state index contributed by atoms with van der Waals surface area (Å²) in [4.78, 5) is 25.7. The molecule has 1 aliphatic rings. The first kappa shape index (κ1) is 20.5. The van der Waals surface area contributed by atoms with E-state index in [9.17, 15) is 9.59 Å². The standard InChI is InChI=1S/C18H27N3O2.ClH/c1-3-21(13(2)22)12-14-6-4-8-16(10-14)20-18(23)17-9-5-7-15(17)11-19;/h4,6,8,10,15,17H,3,5,7,9,11-12,19H2,1-2H3,(H,20,23);1H/t15-,17-;/m1./s1. The van der Waals surface area contributed by atoms with E-state index in [0.717, 1.165) is 30.5 Å². The number of nitrogens with zero attached hydrogens (tertiary/aromatic N) is 1. The summed E-state index contributed by atoms with van der Waals surface area (Å²) >= 11 is 0. The predicted octanol–water partition coefficient (Wildman–Crippen LogP) is 2.79. The quantitative estimate of drug-likeness (QED) is 0.825. The van der Waals surface area contributed by atoms with Crippen LogP contribution in [0.25, 0.3) is 0 Å². The number of halogens is 1. The maximum Gasteiger partial charge on any atom is 0.227 e. The van der Waals surface area contributed by atoms with Gasteiger partial charge in [0.25, 0.3) is 0 Å². The van der Waals surface area contributed by atoms with Crippen molar-refractivity contribution >= 4 is 29.9 Å². The molecule has 2 atom stereocenters. The molecule has 1 saturated carbocycles. The van der Waals surface area contributed by atoms with Crippen LogP contribution >= 0.6 is 12.4 Å². The maximum atomic E-state index is 12.5. The first-order chi connectivity index (χ1) is 11.0. The van der Waals surface area contributed by atoms with Crippen LogP contribution in [0.4, 0.5) is 5.69 Å². The Balaban J connectivity index is 0.00000288. The van der Waals surface area contributed by atoms with E-state index in [1.807, 2.05) is 31.2 Å². The van der Waals surface area contributed by atoms with Crippen molar-refractivity contribution in [2.75, 3.05) is 18.4 Å². The third-order valence-corrected chi connectivity index (χ3v) is 4.69. The lowest BCUT2D eigenvalue weighted by molar-refractivity contribution is -0.129. The Morgan fingerprint density at radius 1 is 1.33 bits per heavy atom. The highest BCUT2D eigenvalue weighted by Crippen LogP contribution is 2.31. The lowest BCUT2D eigenvalue weighted by Crippen LogP contribution is -2.30. The highest BCUT2D eigenvalue weighted by molar-refractivity contribution is 5.93. The van der Waals surface area contributed by atoms with Crippen LogP contribution in [0.3, 0.4) is 0 Å². The van der Waals surface area contributed by atoms with Crippen molar-refractivity contribution in [3.8, 4) is 0 Å². The zero-order valence-corrected chi connectivity index (χ0v) is 15.3. The highest BCUT2D eigenvalue weighted by atomic mass is 35.5. The molecule has 1 fully saturated rings. The normalized spacial score (nSPS) is 19.5. The minimum absolute atomic E-state index is 0. The Hall–Kier alpha value is -1.59. The summed E-state index contributed by atoms with van der Waals surface area (Å²) in [5.41, 5.74) is 7.56. The molecule has 6 heteroatoms. The smallest absolute Gasteiger partial charge is 0.227 e. The van der Waals surface area contributed by atoms with Crippen LogP contribution in [0.2, 0.25) is 0 Å². The number of nitrogens with one attached hydrogen (secondary N) is 1. The van der Waals surface area contributed by atoms with Gasteiger partial charge in [-0.05, 0) is 49.9 Å². The topological polar surface area (TPSA) is 75.4 Å². The number of carbonyl (C=O) groups excluding carboxylic acids is 2. The molecule has 0 spiro atoms. The molecule has 1 aromatic rings. The van der Waals surface area contributed by atoms with Gasteiger partial charge in [-0.1, -0.05) is 18.6 Å². The minimum Gasteiger partial charge on any atom is -0.339 e. The summed E-state index contributed by atoms with van der Waals surface area (Å²) in [5.74, 6) is 0.437. The second-order valence-electron chi connectivity index (χ2n) is 6.26. The Morgan fingerprint density at radius 3 is 2.71 bits per heavy atom. The monoisotopic (exact) mass is 353 g/mol. The fraction of sp³-hybridized carbons (Fsp3) is 0.556. The minimum atomic E-state index is 0. The van der Waals surface area contributed by atoms with Crippen molar-refractivity contribution < 1.29 is 9.59 Å². The Kier molecular flexibility index (Phi) is 8.22. The van der Waals surface area contributed by atoms with Gasteiger partial charge in [0.05, 0.1) is 0 Å². The van der Waals surface area contributed by atoms with Gasteiger partial charge in [0.1, 0.15) is 0 Å². The third kappa shape index (κ3) is 5.21. The van der Waals surface area contributed by atoms with Gasteiger partial charge in [0.2, 0.25) is 11.8 Å². The van der Waals surface area contributed by atoms with Gasteiger partial charge in [-0.25, -0.2) is 0 Å². The summed E-state index contributed by atoms with van der Waals surface area (Å²) in [6, 6.07) is 7.71. The van der Waals surface area contributed by atoms with Gasteiger partial charge < -0.3 is 16.0 Å². The number of anilines is 1. The Labute approximate surface area is 150 Å². The van der Waals surface area contributed by atoms with E-state index in [1.54, 1.807) is 11.8 Å². The van der Waals surface area contributed by atoms with Crippen molar-refractivity contribution in [1.82, 2.24) is 4.90 Å². The first-order valence-electron chi connectivity index (χ1n) is 8.40.